The summed E-state index contributed by atoms with van der Waals surface area (Å²) >= 11 is 5.93. The molecule has 0 aliphatic carbocycles. The van der Waals surface area contributed by atoms with Crippen molar-refractivity contribution >= 4 is 11.6 Å². The van der Waals surface area contributed by atoms with Gasteiger partial charge in [0.1, 0.15) is 0 Å². The number of rotatable bonds is 9. The molecule has 0 aromatic heterocycles. The Morgan fingerprint density at radius 3 is 2.40 bits per heavy atom. The summed E-state index contributed by atoms with van der Waals surface area (Å²) in [6.07, 6.45) is 2.38. The minimum absolute atomic E-state index is 0.330. The number of benzene rings is 1. The molecular formula is C17H29ClN2. The van der Waals surface area contributed by atoms with Crippen LogP contribution in [0.5, 0.6) is 0 Å². The van der Waals surface area contributed by atoms with E-state index >= 15 is 0 Å². The van der Waals surface area contributed by atoms with Crippen LogP contribution in [0.3, 0.4) is 0 Å². The lowest BCUT2D eigenvalue weighted by molar-refractivity contribution is 0.175. The van der Waals surface area contributed by atoms with E-state index in [0.717, 1.165) is 31.2 Å². The van der Waals surface area contributed by atoms with E-state index in [9.17, 15) is 0 Å². The molecule has 0 radical (unpaired) electrons. The van der Waals surface area contributed by atoms with Crippen molar-refractivity contribution in [1.29, 1.82) is 0 Å². The minimum atomic E-state index is 0.330. The van der Waals surface area contributed by atoms with Crippen molar-refractivity contribution in [3.63, 3.8) is 0 Å². The molecule has 1 N–H and O–H groups in total. The van der Waals surface area contributed by atoms with Crippen LogP contribution in [0.1, 0.15) is 39.2 Å². The van der Waals surface area contributed by atoms with Crippen molar-refractivity contribution < 1.29 is 0 Å². The van der Waals surface area contributed by atoms with Crippen molar-refractivity contribution in [3.8, 4) is 0 Å². The molecule has 2 nitrogen and oxygen atoms in total. The Bertz CT molecular complexity index is 377. The first-order valence-electron chi connectivity index (χ1n) is 7.63. The van der Waals surface area contributed by atoms with Crippen LogP contribution < -0.4 is 5.32 Å². The van der Waals surface area contributed by atoms with Gasteiger partial charge < -0.3 is 10.2 Å². The van der Waals surface area contributed by atoms with E-state index in [1.165, 1.54) is 18.4 Å². The third kappa shape index (κ3) is 6.25. The van der Waals surface area contributed by atoms with Gasteiger partial charge in [-0.15, -0.1) is 0 Å². The number of hydrogen-bond acceptors (Lipinski definition) is 2. The predicted octanol–water partition coefficient (Wildman–Crippen LogP) is 4.19. The second-order valence-electron chi connectivity index (χ2n) is 6.14. The van der Waals surface area contributed by atoms with Gasteiger partial charge in [-0.05, 0) is 49.5 Å². The first-order chi connectivity index (χ1) is 9.49. The maximum atomic E-state index is 5.93. The van der Waals surface area contributed by atoms with E-state index < -0.39 is 0 Å². The van der Waals surface area contributed by atoms with Crippen LogP contribution in [0.15, 0.2) is 24.3 Å². The largest absolute Gasteiger partial charge is 0.316 e. The van der Waals surface area contributed by atoms with Gasteiger partial charge in [0.05, 0.1) is 0 Å². The van der Waals surface area contributed by atoms with Gasteiger partial charge in [0.25, 0.3) is 0 Å². The highest BCUT2D eigenvalue weighted by Gasteiger charge is 2.23. The highest BCUT2D eigenvalue weighted by Crippen LogP contribution is 2.22. The molecule has 0 bridgehead atoms. The molecule has 1 atom stereocenters. The van der Waals surface area contributed by atoms with Crippen molar-refractivity contribution in [1.82, 2.24) is 10.2 Å². The Morgan fingerprint density at radius 2 is 1.85 bits per heavy atom. The molecule has 0 aliphatic rings. The van der Waals surface area contributed by atoms with Crippen LogP contribution in [0.25, 0.3) is 0 Å². The molecule has 114 valence electrons. The molecule has 1 rings (SSSR count). The van der Waals surface area contributed by atoms with Gasteiger partial charge in [-0.1, -0.05) is 44.5 Å². The molecule has 1 aromatic carbocycles. The molecule has 1 unspecified atom stereocenters. The minimum Gasteiger partial charge on any atom is -0.316 e. The monoisotopic (exact) mass is 296 g/mol. The summed E-state index contributed by atoms with van der Waals surface area (Å²) in [5.74, 6) is 0. The molecule has 0 heterocycles. The molecule has 0 amide bonds. The lowest BCUT2D eigenvalue weighted by Gasteiger charge is -2.33. The first-order valence-corrected chi connectivity index (χ1v) is 8.00. The highest BCUT2D eigenvalue weighted by atomic mass is 35.5. The Hall–Kier alpha value is -0.570. The van der Waals surface area contributed by atoms with Crippen LogP contribution in [0.2, 0.25) is 5.02 Å². The fourth-order valence-electron chi connectivity index (χ4n) is 2.47. The van der Waals surface area contributed by atoms with Gasteiger partial charge in [0.2, 0.25) is 0 Å². The number of halogens is 1. The van der Waals surface area contributed by atoms with Crippen LogP contribution >= 0.6 is 11.6 Å². The Labute approximate surface area is 129 Å². The topological polar surface area (TPSA) is 15.3 Å². The lowest BCUT2D eigenvalue weighted by atomic mass is 9.86. The Morgan fingerprint density at radius 1 is 1.20 bits per heavy atom. The molecule has 20 heavy (non-hydrogen) atoms. The number of hydrogen-bond donors (Lipinski definition) is 1. The highest BCUT2D eigenvalue weighted by molar-refractivity contribution is 6.30. The molecule has 0 fully saturated rings. The SMILES string of the molecule is CCCNCC(C)(CC)CN(C)Cc1ccc(Cl)cc1. The van der Waals surface area contributed by atoms with Crippen LogP contribution in [-0.4, -0.2) is 31.6 Å². The zero-order chi connectivity index (χ0) is 15.0. The molecular weight excluding hydrogens is 268 g/mol. The Kier molecular flexibility index (Phi) is 7.57. The molecule has 0 saturated heterocycles. The van der Waals surface area contributed by atoms with Crippen molar-refractivity contribution in [2.24, 2.45) is 5.41 Å². The van der Waals surface area contributed by atoms with E-state index in [1.54, 1.807) is 0 Å². The lowest BCUT2D eigenvalue weighted by Crippen LogP contribution is -2.40. The quantitative estimate of drug-likeness (QED) is 0.688. The fourth-order valence-corrected chi connectivity index (χ4v) is 2.59. The number of nitrogens with one attached hydrogen (secondary N) is 1. The van der Waals surface area contributed by atoms with Gasteiger partial charge >= 0.3 is 0 Å². The summed E-state index contributed by atoms with van der Waals surface area (Å²) in [5, 5.41) is 4.36. The van der Waals surface area contributed by atoms with Crippen LogP contribution in [0, 0.1) is 5.41 Å². The summed E-state index contributed by atoms with van der Waals surface area (Å²) in [6.45, 7) is 11.1. The first kappa shape index (κ1) is 17.5. The van der Waals surface area contributed by atoms with Gasteiger partial charge in [-0.2, -0.15) is 0 Å². The molecule has 3 heteroatoms. The molecule has 1 aromatic rings. The zero-order valence-corrected chi connectivity index (χ0v) is 14.1. The van der Waals surface area contributed by atoms with E-state index in [1.807, 2.05) is 12.1 Å². The standard InChI is InChI=1S/C17H29ClN2/c1-5-11-19-13-17(3,6-2)14-20(4)12-15-7-9-16(18)10-8-15/h7-10,19H,5-6,11-14H2,1-4H3. The summed E-state index contributed by atoms with van der Waals surface area (Å²) < 4.78 is 0. The smallest absolute Gasteiger partial charge is 0.0406 e. The zero-order valence-electron chi connectivity index (χ0n) is 13.4. The van der Waals surface area contributed by atoms with Gasteiger partial charge in [-0.3, -0.25) is 0 Å². The van der Waals surface area contributed by atoms with Crippen LogP contribution in [0.4, 0.5) is 0 Å². The fraction of sp³-hybridized carbons (Fsp3) is 0.647. The van der Waals surface area contributed by atoms with Gasteiger partial charge in [-0.25, -0.2) is 0 Å². The average molecular weight is 297 g/mol. The predicted molar refractivity (Wildman–Crippen MR) is 89.3 cm³/mol. The van der Waals surface area contributed by atoms with Crippen LogP contribution in [-0.2, 0) is 6.54 Å². The second kappa shape index (κ2) is 8.66. The summed E-state index contributed by atoms with van der Waals surface area (Å²) in [7, 11) is 2.20. The average Bonchev–Trinajstić information content (AvgIpc) is 2.41. The van der Waals surface area contributed by atoms with Gasteiger partial charge in [0.15, 0.2) is 0 Å². The maximum absolute atomic E-state index is 5.93. The van der Waals surface area contributed by atoms with Crippen molar-refractivity contribution in [2.45, 2.75) is 40.2 Å². The third-order valence-corrected chi connectivity index (χ3v) is 4.10. The third-order valence-electron chi connectivity index (χ3n) is 3.85. The van der Waals surface area contributed by atoms with E-state index in [4.69, 9.17) is 11.6 Å². The summed E-state index contributed by atoms with van der Waals surface area (Å²) in [4.78, 5) is 2.40. The van der Waals surface area contributed by atoms with E-state index in [2.05, 4.69) is 50.2 Å². The molecule has 0 spiro atoms. The molecule has 0 aliphatic heterocycles. The van der Waals surface area contributed by atoms with Crippen molar-refractivity contribution in [2.75, 3.05) is 26.7 Å². The van der Waals surface area contributed by atoms with Crippen molar-refractivity contribution in [3.05, 3.63) is 34.9 Å². The van der Waals surface area contributed by atoms with Gasteiger partial charge in [0, 0.05) is 24.7 Å². The summed E-state index contributed by atoms with van der Waals surface area (Å²) in [5.41, 5.74) is 1.65. The van der Waals surface area contributed by atoms with E-state index in [0.29, 0.717) is 5.41 Å². The second-order valence-corrected chi connectivity index (χ2v) is 6.58. The maximum Gasteiger partial charge on any atom is 0.0406 e. The normalized spacial score (nSPS) is 14.5. The summed E-state index contributed by atoms with van der Waals surface area (Å²) in [6, 6.07) is 8.15. The Balaban J connectivity index is 2.49. The molecule has 0 saturated carbocycles. The number of nitrogens with zero attached hydrogens (tertiary/aromatic N) is 1. The van der Waals surface area contributed by atoms with E-state index in [-0.39, 0.29) is 0 Å².